The van der Waals surface area contributed by atoms with Crippen molar-refractivity contribution in [3.8, 4) is 0 Å². The van der Waals surface area contributed by atoms with Crippen molar-refractivity contribution in [3.05, 3.63) is 35.3 Å². The van der Waals surface area contributed by atoms with Crippen LogP contribution in [-0.4, -0.2) is 10.9 Å². The van der Waals surface area contributed by atoms with E-state index < -0.39 is 0 Å². The number of carbonyl (C=O) groups is 1. The van der Waals surface area contributed by atoms with Crippen LogP contribution in [0, 0.1) is 0 Å². The van der Waals surface area contributed by atoms with Crippen LogP contribution in [0.5, 0.6) is 0 Å². The summed E-state index contributed by atoms with van der Waals surface area (Å²) in [6.07, 6.45) is 0. The maximum atomic E-state index is 10.9. The lowest BCUT2D eigenvalue weighted by molar-refractivity contribution is -0.114. The number of thioether (sulfide) groups is 1. The number of anilines is 2. The predicted molar refractivity (Wildman–Crippen MR) is 76.8 cm³/mol. The van der Waals surface area contributed by atoms with E-state index >= 15 is 0 Å². The highest BCUT2D eigenvalue weighted by Crippen LogP contribution is 2.28. The average molecular weight is 279 g/mol. The van der Waals surface area contributed by atoms with Crippen molar-refractivity contribution in [2.45, 2.75) is 17.6 Å². The van der Waals surface area contributed by atoms with E-state index in [4.69, 9.17) is 5.73 Å². The van der Waals surface area contributed by atoms with Gasteiger partial charge in [-0.15, -0.1) is 23.1 Å². The van der Waals surface area contributed by atoms with Gasteiger partial charge in [-0.3, -0.25) is 4.79 Å². The number of hydrogen-bond acceptors (Lipinski definition) is 5. The van der Waals surface area contributed by atoms with Crippen LogP contribution < -0.4 is 11.1 Å². The van der Waals surface area contributed by atoms with Gasteiger partial charge < -0.3 is 11.1 Å². The number of para-hydroxylation sites is 1. The van der Waals surface area contributed by atoms with E-state index in [2.05, 4.69) is 10.3 Å². The molecule has 2 aromatic rings. The van der Waals surface area contributed by atoms with Gasteiger partial charge in [-0.2, -0.15) is 0 Å². The van der Waals surface area contributed by atoms with Crippen molar-refractivity contribution in [2.75, 3.05) is 11.1 Å². The lowest BCUT2D eigenvalue weighted by Crippen LogP contribution is -2.05. The highest BCUT2D eigenvalue weighted by Gasteiger charge is 2.05. The minimum atomic E-state index is -0.101. The maximum absolute atomic E-state index is 10.9. The van der Waals surface area contributed by atoms with Gasteiger partial charge >= 0.3 is 0 Å². The number of amides is 1. The Balaban J connectivity index is 1.96. The Labute approximate surface area is 114 Å². The number of thiazole rings is 1. The zero-order valence-corrected chi connectivity index (χ0v) is 11.5. The van der Waals surface area contributed by atoms with Crippen LogP contribution in [0.4, 0.5) is 10.8 Å². The van der Waals surface area contributed by atoms with E-state index in [9.17, 15) is 4.79 Å². The third kappa shape index (κ3) is 3.48. The summed E-state index contributed by atoms with van der Waals surface area (Å²) in [6, 6.07) is 7.74. The van der Waals surface area contributed by atoms with Crippen LogP contribution in [0.1, 0.15) is 12.6 Å². The minimum Gasteiger partial charge on any atom is -0.398 e. The number of nitrogens with zero attached hydrogens (tertiary/aromatic N) is 1. The number of carbonyl (C=O) groups excluding carboxylic acids is 1. The molecule has 1 heterocycles. The molecule has 0 bridgehead atoms. The number of rotatable bonds is 4. The Hall–Kier alpha value is -1.53. The molecular formula is C12H13N3OS2. The van der Waals surface area contributed by atoms with E-state index in [0.29, 0.717) is 5.13 Å². The summed E-state index contributed by atoms with van der Waals surface area (Å²) in [5, 5.41) is 5.25. The fourth-order valence-corrected chi connectivity index (χ4v) is 3.07. The fourth-order valence-electron chi connectivity index (χ4n) is 1.34. The van der Waals surface area contributed by atoms with Crippen LogP contribution in [-0.2, 0) is 10.5 Å². The summed E-state index contributed by atoms with van der Waals surface area (Å²) in [5.74, 6) is 0.639. The van der Waals surface area contributed by atoms with Crippen molar-refractivity contribution in [2.24, 2.45) is 0 Å². The van der Waals surface area contributed by atoms with Crippen LogP contribution in [0.3, 0.4) is 0 Å². The lowest BCUT2D eigenvalue weighted by atomic mass is 10.3. The Kier molecular flexibility index (Phi) is 4.22. The normalized spacial score (nSPS) is 10.3. The monoisotopic (exact) mass is 279 g/mol. The second-order valence-corrected chi connectivity index (χ2v) is 5.53. The topological polar surface area (TPSA) is 68.0 Å². The molecule has 0 unspecified atom stereocenters. The van der Waals surface area contributed by atoms with Crippen molar-refractivity contribution in [3.63, 3.8) is 0 Å². The standard InChI is InChI=1S/C12H13N3OS2/c1-8(16)14-12-15-9(7-18-12)6-17-11-5-3-2-4-10(11)13/h2-5,7H,6,13H2,1H3,(H,14,15,16). The smallest absolute Gasteiger partial charge is 0.223 e. The molecule has 0 radical (unpaired) electrons. The minimum absolute atomic E-state index is 0.101. The van der Waals surface area contributed by atoms with E-state index in [-0.39, 0.29) is 5.91 Å². The van der Waals surface area contributed by atoms with E-state index in [1.54, 1.807) is 11.8 Å². The molecular weight excluding hydrogens is 266 g/mol. The van der Waals surface area contributed by atoms with Crippen LogP contribution in [0.2, 0.25) is 0 Å². The molecule has 6 heteroatoms. The molecule has 2 rings (SSSR count). The van der Waals surface area contributed by atoms with E-state index in [1.807, 2.05) is 29.6 Å². The molecule has 0 atom stereocenters. The largest absolute Gasteiger partial charge is 0.398 e. The fraction of sp³-hybridized carbons (Fsp3) is 0.167. The molecule has 1 aromatic heterocycles. The molecule has 0 saturated carbocycles. The number of nitrogens with one attached hydrogen (secondary N) is 1. The molecule has 0 fully saturated rings. The van der Waals surface area contributed by atoms with Gasteiger partial charge in [0.1, 0.15) is 0 Å². The molecule has 0 aliphatic carbocycles. The molecule has 4 nitrogen and oxygen atoms in total. The highest BCUT2D eigenvalue weighted by atomic mass is 32.2. The Bertz CT molecular complexity index is 554. The van der Waals surface area contributed by atoms with Crippen LogP contribution in [0.15, 0.2) is 34.5 Å². The number of hydrogen-bond donors (Lipinski definition) is 2. The van der Waals surface area contributed by atoms with Gasteiger partial charge in [0, 0.05) is 28.6 Å². The first-order valence-electron chi connectivity index (χ1n) is 5.34. The van der Waals surface area contributed by atoms with E-state index in [0.717, 1.165) is 22.0 Å². The van der Waals surface area contributed by atoms with Gasteiger partial charge in [0.25, 0.3) is 0 Å². The van der Waals surface area contributed by atoms with Gasteiger partial charge in [-0.05, 0) is 12.1 Å². The zero-order chi connectivity index (χ0) is 13.0. The van der Waals surface area contributed by atoms with Gasteiger partial charge in [0.05, 0.1) is 5.69 Å². The molecule has 1 amide bonds. The SMILES string of the molecule is CC(=O)Nc1nc(CSc2ccccc2N)cs1. The third-order valence-corrected chi connectivity index (χ3v) is 4.06. The van der Waals surface area contributed by atoms with Gasteiger partial charge in [-0.25, -0.2) is 4.98 Å². The highest BCUT2D eigenvalue weighted by molar-refractivity contribution is 7.98. The molecule has 0 aliphatic heterocycles. The summed E-state index contributed by atoms with van der Waals surface area (Å²) < 4.78 is 0. The molecule has 1 aromatic carbocycles. The number of nitrogens with two attached hydrogens (primary N) is 1. The van der Waals surface area contributed by atoms with Gasteiger partial charge in [0.15, 0.2) is 5.13 Å². The van der Waals surface area contributed by atoms with Crippen LogP contribution >= 0.6 is 23.1 Å². The summed E-state index contributed by atoms with van der Waals surface area (Å²) in [4.78, 5) is 16.2. The molecule has 18 heavy (non-hydrogen) atoms. The van der Waals surface area contributed by atoms with Crippen LogP contribution in [0.25, 0.3) is 0 Å². The first-order valence-corrected chi connectivity index (χ1v) is 7.21. The second-order valence-electron chi connectivity index (χ2n) is 3.65. The first-order chi connectivity index (χ1) is 8.65. The Morgan fingerprint density at radius 2 is 2.28 bits per heavy atom. The number of benzene rings is 1. The molecule has 0 aliphatic rings. The predicted octanol–water partition coefficient (Wildman–Crippen LogP) is 2.98. The van der Waals surface area contributed by atoms with Crippen molar-refractivity contribution >= 4 is 39.8 Å². The average Bonchev–Trinajstić information content (AvgIpc) is 2.75. The zero-order valence-electron chi connectivity index (χ0n) is 9.84. The Morgan fingerprint density at radius 1 is 1.50 bits per heavy atom. The van der Waals surface area contributed by atoms with Crippen molar-refractivity contribution < 1.29 is 4.79 Å². The summed E-state index contributed by atoms with van der Waals surface area (Å²) >= 11 is 3.07. The van der Waals surface area contributed by atoms with Gasteiger partial charge in [0.2, 0.25) is 5.91 Å². The van der Waals surface area contributed by atoms with E-state index in [1.165, 1.54) is 18.3 Å². The molecule has 0 saturated heterocycles. The second kappa shape index (κ2) is 5.88. The third-order valence-electron chi connectivity index (χ3n) is 2.13. The molecule has 94 valence electrons. The number of nitrogen functional groups attached to an aromatic ring is 1. The first kappa shape index (κ1) is 12.9. The number of aromatic nitrogens is 1. The summed E-state index contributed by atoms with van der Waals surface area (Å²) in [7, 11) is 0. The quantitative estimate of drug-likeness (QED) is 0.667. The Morgan fingerprint density at radius 3 is 3.00 bits per heavy atom. The van der Waals surface area contributed by atoms with Crippen molar-refractivity contribution in [1.82, 2.24) is 4.98 Å². The summed E-state index contributed by atoms with van der Waals surface area (Å²) in [6.45, 7) is 1.47. The van der Waals surface area contributed by atoms with Crippen molar-refractivity contribution in [1.29, 1.82) is 0 Å². The maximum Gasteiger partial charge on any atom is 0.223 e. The molecule has 0 spiro atoms. The van der Waals surface area contributed by atoms with Gasteiger partial charge in [-0.1, -0.05) is 12.1 Å². The summed E-state index contributed by atoms with van der Waals surface area (Å²) in [5.41, 5.74) is 7.58. The lowest BCUT2D eigenvalue weighted by Gasteiger charge is -2.02. The molecule has 3 N–H and O–H groups in total.